The van der Waals surface area contributed by atoms with Crippen LogP contribution in [-0.4, -0.2) is 6.04 Å². The fourth-order valence-electron chi connectivity index (χ4n) is 3.03. The molecule has 0 amide bonds. The van der Waals surface area contributed by atoms with Gasteiger partial charge in [0, 0.05) is 21.5 Å². The van der Waals surface area contributed by atoms with Gasteiger partial charge in [0.1, 0.15) is 0 Å². The largest absolute Gasteiger partial charge is 0.327 e. The zero-order valence-electron chi connectivity index (χ0n) is 11.0. The second-order valence-electron chi connectivity index (χ2n) is 5.72. The Hall–Kier alpha value is -0.0500. The van der Waals surface area contributed by atoms with E-state index in [0.29, 0.717) is 5.92 Å². The molecule has 0 saturated heterocycles. The summed E-state index contributed by atoms with van der Waals surface area (Å²) in [6, 6.07) is 6.24. The summed E-state index contributed by atoms with van der Waals surface area (Å²) in [4.78, 5) is 0. The number of nitrogens with two attached hydrogens (primary N) is 1. The van der Waals surface area contributed by atoms with Crippen LogP contribution in [0.5, 0.6) is 0 Å². The molecule has 3 unspecified atom stereocenters. The highest BCUT2D eigenvalue weighted by molar-refractivity contribution is 9.10. The van der Waals surface area contributed by atoms with Gasteiger partial charge < -0.3 is 5.73 Å². The minimum absolute atomic E-state index is 0.233. The Bertz CT molecular complexity index is 399. The van der Waals surface area contributed by atoms with Crippen molar-refractivity contribution >= 4 is 27.5 Å². The van der Waals surface area contributed by atoms with Gasteiger partial charge in [-0.25, -0.2) is 0 Å². The van der Waals surface area contributed by atoms with E-state index in [2.05, 4.69) is 35.8 Å². The van der Waals surface area contributed by atoms with Crippen molar-refractivity contribution in [1.29, 1.82) is 0 Å². The monoisotopic (exact) mass is 329 g/mol. The molecule has 1 saturated carbocycles. The maximum atomic E-state index is 6.37. The van der Waals surface area contributed by atoms with Crippen molar-refractivity contribution in [3.05, 3.63) is 33.3 Å². The molecule has 2 N–H and O–H groups in total. The molecule has 1 aromatic carbocycles. The molecule has 1 fully saturated rings. The van der Waals surface area contributed by atoms with Crippen LogP contribution in [0.15, 0.2) is 22.7 Å². The third kappa shape index (κ3) is 2.92. The molecular weight excluding hydrogens is 310 g/mol. The molecule has 0 heterocycles. The maximum absolute atomic E-state index is 6.37. The second-order valence-corrected chi connectivity index (χ2v) is 6.98. The lowest BCUT2D eigenvalue weighted by molar-refractivity contribution is 0.232. The number of hydrogen-bond acceptors (Lipinski definition) is 1. The van der Waals surface area contributed by atoms with Gasteiger partial charge in [0.25, 0.3) is 0 Å². The summed E-state index contributed by atoms with van der Waals surface area (Å²) in [6.07, 6.45) is 3.50. The molecule has 3 heteroatoms. The first-order valence-corrected chi connectivity index (χ1v) is 7.87. The van der Waals surface area contributed by atoms with Crippen LogP contribution < -0.4 is 5.73 Å². The lowest BCUT2D eigenvalue weighted by Gasteiger charge is -2.37. The van der Waals surface area contributed by atoms with E-state index in [9.17, 15) is 0 Å². The number of benzene rings is 1. The van der Waals surface area contributed by atoms with Gasteiger partial charge in [0.2, 0.25) is 0 Å². The highest BCUT2D eigenvalue weighted by Gasteiger charge is 2.32. The van der Waals surface area contributed by atoms with E-state index in [4.69, 9.17) is 17.3 Å². The smallest absolute Gasteiger partial charge is 0.0452 e. The Morgan fingerprint density at radius 2 is 2.06 bits per heavy atom. The highest BCUT2D eigenvalue weighted by Crippen LogP contribution is 2.43. The summed E-state index contributed by atoms with van der Waals surface area (Å²) in [5, 5.41) is 0.842. The fraction of sp³-hybridized carbons (Fsp3) is 0.600. The third-order valence-electron chi connectivity index (χ3n) is 4.26. The molecule has 1 aliphatic carbocycles. The Kier molecular flexibility index (Phi) is 4.74. The number of halogens is 2. The van der Waals surface area contributed by atoms with Gasteiger partial charge >= 0.3 is 0 Å². The van der Waals surface area contributed by atoms with Crippen molar-refractivity contribution in [3.63, 3.8) is 0 Å². The summed E-state index contributed by atoms with van der Waals surface area (Å²) < 4.78 is 1.10. The van der Waals surface area contributed by atoms with Gasteiger partial charge in [-0.05, 0) is 48.8 Å². The van der Waals surface area contributed by atoms with Crippen LogP contribution in [0.2, 0.25) is 5.02 Å². The van der Waals surface area contributed by atoms with Gasteiger partial charge in [-0.2, -0.15) is 0 Å². The average Bonchev–Trinajstić information content (AvgIpc) is 2.30. The minimum Gasteiger partial charge on any atom is -0.327 e. The van der Waals surface area contributed by atoms with Crippen LogP contribution in [0.1, 0.15) is 44.6 Å². The van der Waals surface area contributed by atoms with Gasteiger partial charge in [-0.1, -0.05) is 47.4 Å². The molecule has 18 heavy (non-hydrogen) atoms. The standard InChI is InChI=1S/C15H21BrClN/c1-9(2)10-6-7-14(18)11(8-10)15-12(16)4-3-5-13(15)17/h3-5,9-11,14H,6-8,18H2,1-2H3. The van der Waals surface area contributed by atoms with Crippen molar-refractivity contribution in [3.8, 4) is 0 Å². The first-order valence-electron chi connectivity index (χ1n) is 6.70. The fourth-order valence-corrected chi connectivity index (χ4v) is 4.12. The molecule has 0 radical (unpaired) electrons. The normalized spacial score (nSPS) is 28.7. The summed E-state index contributed by atoms with van der Waals surface area (Å²) in [5.41, 5.74) is 7.54. The molecule has 3 atom stereocenters. The van der Waals surface area contributed by atoms with Crippen LogP contribution in [0, 0.1) is 11.8 Å². The predicted octanol–water partition coefficient (Wildman–Crippen LogP) is 4.97. The summed E-state index contributed by atoms with van der Waals surface area (Å²) >= 11 is 10.00. The van der Waals surface area contributed by atoms with E-state index in [0.717, 1.165) is 34.2 Å². The minimum atomic E-state index is 0.233. The van der Waals surface area contributed by atoms with Gasteiger partial charge in [-0.15, -0.1) is 0 Å². The Balaban J connectivity index is 2.30. The molecule has 1 nitrogen and oxygen atoms in total. The molecule has 100 valence electrons. The lowest BCUT2D eigenvalue weighted by Crippen LogP contribution is -2.36. The Morgan fingerprint density at radius 3 is 2.67 bits per heavy atom. The predicted molar refractivity (Wildman–Crippen MR) is 82.0 cm³/mol. The van der Waals surface area contributed by atoms with Gasteiger partial charge in [0.05, 0.1) is 0 Å². The third-order valence-corrected chi connectivity index (χ3v) is 5.28. The Labute approximate surface area is 123 Å². The van der Waals surface area contributed by atoms with Crippen LogP contribution in [-0.2, 0) is 0 Å². The topological polar surface area (TPSA) is 26.0 Å². The molecular formula is C15H21BrClN. The first kappa shape index (κ1) is 14.4. The van der Waals surface area contributed by atoms with Crippen molar-refractivity contribution < 1.29 is 0 Å². The van der Waals surface area contributed by atoms with E-state index in [1.165, 1.54) is 12.0 Å². The van der Waals surface area contributed by atoms with Crippen LogP contribution >= 0.6 is 27.5 Å². The highest BCUT2D eigenvalue weighted by atomic mass is 79.9. The zero-order valence-corrected chi connectivity index (χ0v) is 13.3. The average molecular weight is 331 g/mol. The van der Waals surface area contributed by atoms with E-state index < -0.39 is 0 Å². The summed E-state index contributed by atoms with van der Waals surface area (Å²) in [7, 11) is 0. The lowest BCUT2D eigenvalue weighted by atomic mass is 9.71. The van der Waals surface area contributed by atoms with E-state index in [1.807, 2.05) is 12.1 Å². The van der Waals surface area contributed by atoms with Crippen molar-refractivity contribution in [1.82, 2.24) is 0 Å². The van der Waals surface area contributed by atoms with Gasteiger partial charge in [0.15, 0.2) is 0 Å². The molecule has 0 spiro atoms. The van der Waals surface area contributed by atoms with E-state index >= 15 is 0 Å². The summed E-state index contributed by atoms with van der Waals surface area (Å²) in [5.74, 6) is 1.87. The molecule has 0 bridgehead atoms. The molecule has 0 aromatic heterocycles. The zero-order chi connectivity index (χ0) is 13.3. The molecule has 2 rings (SSSR count). The van der Waals surface area contributed by atoms with Crippen molar-refractivity contribution in [2.45, 2.75) is 45.1 Å². The van der Waals surface area contributed by atoms with Crippen LogP contribution in [0.4, 0.5) is 0 Å². The van der Waals surface area contributed by atoms with Crippen LogP contribution in [0.25, 0.3) is 0 Å². The molecule has 1 aromatic rings. The van der Waals surface area contributed by atoms with Crippen molar-refractivity contribution in [2.75, 3.05) is 0 Å². The Morgan fingerprint density at radius 1 is 1.33 bits per heavy atom. The van der Waals surface area contributed by atoms with Crippen molar-refractivity contribution in [2.24, 2.45) is 17.6 Å². The molecule has 0 aliphatic heterocycles. The summed E-state index contributed by atoms with van der Waals surface area (Å²) in [6.45, 7) is 4.61. The SMILES string of the molecule is CC(C)C1CCC(N)C(c2c(Cl)cccc2Br)C1. The number of rotatable bonds is 2. The first-order chi connectivity index (χ1) is 8.50. The van der Waals surface area contributed by atoms with E-state index in [1.54, 1.807) is 0 Å². The van der Waals surface area contributed by atoms with E-state index in [-0.39, 0.29) is 6.04 Å². The molecule has 1 aliphatic rings. The number of hydrogen-bond donors (Lipinski definition) is 1. The van der Waals surface area contributed by atoms with Gasteiger partial charge in [-0.3, -0.25) is 0 Å². The quantitative estimate of drug-likeness (QED) is 0.814. The second kappa shape index (κ2) is 5.94. The maximum Gasteiger partial charge on any atom is 0.0452 e. The van der Waals surface area contributed by atoms with Crippen LogP contribution in [0.3, 0.4) is 0 Å².